The van der Waals surface area contributed by atoms with Gasteiger partial charge in [-0.3, -0.25) is 0 Å². The summed E-state index contributed by atoms with van der Waals surface area (Å²) in [6, 6.07) is 0. The van der Waals surface area contributed by atoms with Crippen LogP contribution in [0.5, 0.6) is 0 Å². The van der Waals surface area contributed by atoms with Crippen molar-refractivity contribution >= 4 is 11.9 Å². The zero-order valence-electron chi connectivity index (χ0n) is 7.03. The molecule has 0 saturated carbocycles. The molecule has 12 heavy (non-hydrogen) atoms. The highest BCUT2D eigenvalue weighted by molar-refractivity contribution is 5.96. The monoisotopic (exact) mass is 175 g/mol. The van der Waals surface area contributed by atoms with E-state index in [9.17, 15) is 14.7 Å². The normalized spacial score (nSPS) is 12.2. The van der Waals surface area contributed by atoms with Gasteiger partial charge in [0, 0.05) is 7.11 Å². The van der Waals surface area contributed by atoms with Gasteiger partial charge in [-0.1, -0.05) is 6.92 Å². The van der Waals surface area contributed by atoms with E-state index < -0.39 is 18.0 Å². The zero-order chi connectivity index (χ0) is 9.56. The summed E-state index contributed by atoms with van der Waals surface area (Å²) < 4.78 is 8.85. The van der Waals surface area contributed by atoms with Gasteiger partial charge in [-0.2, -0.15) is 0 Å². The first-order chi connectivity index (χ1) is 5.63. The lowest BCUT2D eigenvalue weighted by molar-refractivity contribution is -0.314. The standard InChI is InChI=1S/C7H12O5/c1-3-4-12-7(10)5(11-2)6(8)9/h5H,3-4H2,1-2H3,(H,8,9)/p-1. The summed E-state index contributed by atoms with van der Waals surface area (Å²) in [5.74, 6) is -2.50. The fourth-order valence-corrected chi connectivity index (χ4v) is 0.567. The maximum Gasteiger partial charge on any atom is 0.341 e. The fourth-order valence-electron chi connectivity index (χ4n) is 0.567. The number of rotatable bonds is 5. The van der Waals surface area contributed by atoms with E-state index in [1.54, 1.807) is 6.92 Å². The highest BCUT2D eigenvalue weighted by Gasteiger charge is 2.19. The molecule has 1 unspecified atom stereocenters. The van der Waals surface area contributed by atoms with Crippen LogP contribution in [0, 0.1) is 0 Å². The van der Waals surface area contributed by atoms with Crippen molar-refractivity contribution in [1.82, 2.24) is 0 Å². The van der Waals surface area contributed by atoms with Gasteiger partial charge in [-0.05, 0) is 6.42 Å². The molecule has 0 rings (SSSR count). The number of hydrogen-bond donors (Lipinski definition) is 0. The second-order valence-corrected chi connectivity index (χ2v) is 2.10. The lowest BCUT2D eigenvalue weighted by Crippen LogP contribution is -2.43. The number of carbonyl (C=O) groups is 2. The molecule has 0 bridgehead atoms. The van der Waals surface area contributed by atoms with Gasteiger partial charge in [-0.15, -0.1) is 0 Å². The molecule has 5 nitrogen and oxygen atoms in total. The van der Waals surface area contributed by atoms with E-state index in [4.69, 9.17) is 0 Å². The van der Waals surface area contributed by atoms with Gasteiger partial charge in [0.05, 0.1) is 12.6 Å². The van der Waals surface area contributed by atoms with Gasteiger partial charge in [0.1, 0.15) is 0 Å². The predicted octanol–water partition coefficient (Wildman–Crippen LogP) is -1.30. The molecule has 0 spiro atoms. The Balaban J connectivity index is 3.95. The van der Waals surface area contributed by atoms with Crippen molar-refractivity contribution in [3.05, 3.63) is 0 Å². The number of hydrogen-bond acceptors (Lipinski definition) is 5. The number of carboxylic acids is 1. The second-order valence-electron chi connectivity index (χ2n) is 2.10. The smallest absolute Gasteiger partial charge is 0.341 e. The molecule has 0 fully saturated rings. The van der Waals surface area contributed by atoms with Crippen molar-refractivity contribution in [1.29, 1.82) is 0 Å². The van der Waals surface area contributed by atoms with Crippen molar-refractivity contribution in [3.63, 3.8) is 0 Å². The molecule has 0 aliphatic rings. The van der Waals surface area contributed by atoms with E-state index in [1.807, 2.05) is 0 Å². The summed E-state index contributed by atoms with van der Waals surface area (Å²) in [5.41, 5.74) is 0. The van der Waals surface area contributed by atoms with E-state index in [1.165, 1.54) is 0 Å². The summed E-state index contributed by atoms with van der Waals surface area (Å²) in [7, 11) is 1.10. The molecular weight excluding hydrogens is 164 g/mol. The van der Waals surface area contributed by atoms with Crippen molar-refractivity contribution in [2.75, 3.05) is 13.7 Å². The zero-order valence-corrected chi connectivity index (χ0v) is 7.03. The summed E-state index contributed by atoms with van der Waals surface area (Å²) >= 11 is 0. The van der Waals surface area contributed by atoms with E-state index in [-0.39, 0.29) is 6.61 Å². The average Bonchev–Trinajstić information content (AvgIpc) is 2.01. The van der Waals surface area contributed by atoms with Crippen LogP contribution in [0.3, 0.4) is 0 Å². The van der Waals surface area contributed by atoms with Crippen LogP contribution in [0.25, 0.3) is 0 Å². The molecule has 0 saturated heterocycles. The minimum Gasteiger partial charge on any atom is -0.547 e. The van der Waals surface area contributed by atoms with Crippen LogP contribution in [0.15, 0.2) is 0 Å². The van der Waals surface area contributed by atoms with Gasteiger partial charge >= 0.3 is 5.97 Å². The molecule has 0 aromatic carbocycles. The topological polar surface area (TPSA) is 75.7 Å². The minimum atomic E-state index is -1.61. The van der Waals surface area contributed by atoms with Gasteiger partial charge in [-0.25, -0.2) is 4.79 Å². The van der Waals surface area contributed by atoms with E-state index in [0.29, 0.717) is 6.42 Å². The highest BCUT2D eigenvalue weighted by Crippen LogP contribution is 1.93. The lowest BCUT2D eigenvalue weighted by atomic mass is 10.4. The third-order valence-corrected chi connectivity index (χ3v) is 1.11. The molecule has 5 heteroatoms. The summed E-state index contributed by atoms with van der Waals surface area (Å²) in [5, 5.41) is 10.2. The third kappa shape index (κ3) is 3.34. The molecule has 70 valence electrons. The van der Waals surface area contributed by atoms with Crippen molar-refractivity contribution in [2.24, 2.45) is 0 Å². The molecule has 0 N–H and O–H groups in total. The molecule has 0 heterocycles. The van der Waals surface area contributed by atoms with Gasteiger partial charge < -0.3 is 19.4 Å². The second kappa shape index (κ2) is 5.54. The Labute approximate surface area is 70.3 Å². The number of aliphatic carboxylic acids is 1. The molecular formula is C7H11O5-. The summed E-state index contributed by atoms with van der Waals surface area (Å²) in [6.07, 6.45) is -0.980. The van der Waals surface area contributed by atoms with E-state index >= 15 is 0 Å². The van der Waals surface area contributed by atoms with Crippen molar-refractivity contribution in [3.8, 4) is 0 Å². The van der Waals surface area contributed by atoms with Crippen LogP contribution in [0.2, 0.25) is 0 Å². The average molecular weight is 175 g/mol. The minimum absolute atomic E-state index is 0.186. The number of carbonyl (C=O) groups excluding carboxylic acids is 2. The highest BCUT2D eigenvalue weighted by atomic mass is 16.6. The number of carboxylic acid groups (broad SMARTS) is 1. The molecule has 0 aliphatic carbocycles. The Morgan fingerprint density at radius 2 is 2.08 bits per heavy atom. The van der Waals surface area contributed by atoms with Crippen LogP contribution in [-0.4, -0.2) is 31.8 Å². The first kappa shape index (κ1) is 10.9. The Morgan fingerprint density at radius 3 is 2.42 bits per heavy atom. The fraction of sp³-hybridized carbons (Fsp3) is 0.714. The molecule has 0 radical (unpaired) electrons. The van der Waals surface area contributed by atoms with E-state index in [2.05, 4.69) is 9.47 Å². The van der Waals surface area contributed by atoms with Gasteiger partial charge in [0.25, 0.3) is 0 Å². The Kier molecular flexibility index (Phi) is 5.03. The van der Waals surface area contributed by atoms with Crippen LogP contribution in [-0.2, 0) is 19.1 Å². The van der Waals surface area contributed by atoms with Crippen molar-refractivity contribution < 1.29 is 24.2 Å². The quantitative estimate of drug-likeness (QED) is 0.383. The SMILES string of the molecule is CCCOC(=O)C(OC)C(=O)[O-]. The maximum absolute atomic E-state index is 10.8. The van der Waals surface area contributed by atoms with E-state index in [0.717, 1.165) is 7.11 Å². The largest absolute Gasteiger partial charge is 0.547 e. The molecule has 0 aromatic heterocycles. The molecule has 0 amide bonds. The number of ether oxygens (including phenoxy) is 2. The third-order valence-electron chi connectivity index (χ3n) is 1.11. The van der Waals surface area contributed by atoms with Crippen LogP contribution in [0.4, 0.5) is 0 Å². The Hall–Kier alpha value is -1.10. The first-order valence-corrected chi connectivity index (χ1v) is 3.53. The van der Waals surface area contributed by atoms with Gasteiger partial charge in [0.2, 0.25) is 0 Å². The molecule has 0 aromatic rings. The van der Waals surface area contributed by atoms with Crippen LogP contribution >= 0.6 is 0 Å². The Bertz CT molecular complexity index is 165. The summed E-state index contributed by atoms with van der Waals surface area (Å²) in [6.45, 7) is 1.99. The Morgan fingerprint density at radius 1 is 1.50 bits per heavy atom. The number of esters is 1. The summed E-state index contributed by atoms with van der Waals surface area (Å²) in [4.78, 5) is 21.0. The van der Waals surface area contributed by atoms with Crippen LogP contribution in [0.1, 0.15) is 13.3 Å². The predicted molar refractivity (Wildman–Crippen MR) is 37.1 cm³/mol. The van der Waals surface area contributed by atoms with Crippen molar-refractivity contribution in [2.45, 2.75) is 19.4 Å². The first-order valence-electron chi connectivity index (χ1n) is 3.53. The maximum atomic E-state index is 10.8. The van der Waals surface area contributed by atoms with Crippen LogP contribution < -0.4 is 5.11 Å². The molecule has 1 atom stereocenters. The lowest BCUT2D eigenvalue weighted by Gasteiger charge is -2.14. The molecule has 0 aliphatic heterocycles. The van der Waals surface area contributed by atoms with Gasteiger partial charge in [0.15, 0.2) is 6.10 Å². The number of methoxy groups -OCH3 is 1.